The second kappa shape index (κ2) is 4.61. The highest BCUT2D eigenvalue weighted by molar-refractivity contribution is 6.00. The van der Waals surface area contributed by atoms with Gasteiger partial charge in [-0.15, -0.1) is 0 Å². The molecule has 19 heavy (non-hydrogen) atoms. The number of anilines is 1. The molecule has 0 bridgehead atoms. The Bertz CT molecular complexity index is 586. The van der Waals surface area contributed by atoms with Crippen molar-refractivity contribution < 1.29 is 4.79 Å². The first-order valence-electron chi connectivity index (χ1n) is 6.07. The van der Waals surface area contributed by atoms with Crippen molar-refractivity contribution in [3.63, 3.8) is 0 Å². The van der Waals surface area contributed by atoms with E-state index in [1.54, 1.807) is 0 Å². The van der Waals surface area contributed by atoms with Crippen LogP contribution in [-0.2, 0) is 11.3 Å². The molecule has 0 aliphatic carbocycles. The molecule has 0 saturated carbocycles. The van der Waals surface area contributed by atoms with E-state index < -0.39 is 0 Å². The van der Waals surface area contributed by atoms with Crippen molar-refractivity contribution in [3.05, 3.63) is 54.3 Å². The van der Waals surface area contributed by atoms with Crippen molar-refractivity contribution in [2.24, 2.45) is 5.10 Å². The lowest BCUT2D eigenvalue weighted by molar-refractivity contribution is -0.132. The first-order valence-corrected chi connectivity index (χ1v) is 6.07. The van der Waals surface area contributed by atoms with Crippen LogP contribution in [0.5, 0.6) is 0 Å². The number of hydrazone groups is 1. The molecule has 1 amide bonds. The third-order valence-corrected chi connectivity index (χ3v) is 3.05. The minimum absolute atomic E-state index is 0.0134. The molecular weight excluding hydrogens is 240 g/mol. The summed E-state index contributed by atoms with van der Waals surface area (Å²) in [5.41, 5.74) is 7.37. The molecule has 0 spiro atoms. The molecule has 2 aliphatic heterocycles. The van der Waals surface area contributed by atoms with Gasteiger partial charge in [0.2, 0.25) is 0 Å². The molecule has 0 aromatic heterocycles. The van der Waals surface area contributed by atoms with Gasteiger partial charge in [0.25, 0.3) is 5.91 Å². The van der Waals surface area contributed by atoms with E-state index in [4.69, 9.17) is 5.73 Å². The molecule has 0 fully saturated rings. The zero-order valence-corrected chi connectivity index (χ0v) is 10.4. The summed E-state index contributed by atoms with van der Waals surface area (Å²) in [6.45, 7) is 0.794. The SMILES string of the molecule is Nc1ccc(CN2N=C3C=CC=CN3CC2=O)cc1. The molecule has 96 valence electrons. The fourth-order valence-corrected chi connectivity index (χ4v) is 2.02. The van der Waals surface area contributed by atoms with Gasteiger partial charge in [0.05, 0.1) is 6.54 Å². The summed E-state index contributed by atoms with van der Waals surface area (Å²) in [5.74, 6) is 0.776. The van der Waals surface area contributed by atoms with Gasteiger partial charge >= 0.3 is 0 Å². The van der Waals surface area contributed by atoms with Crippen molar-refractivity contribution in [1.82, 2.24) is 9.91 Å². The van der Waals surface area contributed by atoms with Crippen molar-refractivity contribution in [2.75, 3.05) is 12.3 Å². The Morgan fingerprint density at radius 3 is 2.79 bits per heavy atom. The summed E-state index contributed by atoms with van der Waals surface area (Å²) in [4.78, 5) is 13.9. The molecule has 5 nitrogen and oxygen atoms in total. The smallest absolute Gasteiger partial charge is 0.263 e. The number of nitrogens with two attached hydrogens (primary N) is 1. The van der Waals surface area contributed by atoms with Crippen molar-refractivity contribution in [3.8, 4) is 0 Å². The van der Waals surface area contributed by atoms with Crippen LogP contribution in [0.1, 0.15) is 5.56 Å². The molecule has 0 unspecified atom stereocenters. The molecule has 0 radical (unpaired) electrons. The Hall–Kier alpha value is -2.56. The number of hydrogen-bond acceptors (Lipinski definition) is 4. The molecule has 3 rings (SSSR count). The summed E-state index contributed by atoms with van der Waals surface area (Å²) in [7, 11) is 0. The molecular formula is C14H14N4O. The normalized spacial score (nSPS) is 17.5. The highest BCUT2D eigenvalue weighted by atomic mass is 16.2. The first kappa shape index (κ1) is 11.5. The van der Waals surface area contributed by atoms with Crippen molar-refractivity contribution in [1.29, 1.82) is 0 Å². The fraction of sp³-hybridized carbons (Fsp3) is 0.143. The van der Waals surface area contributed by atoms with Crippen LogP contribution >= 0.6 is 0 Å². The van der Waals surface area contributed by atoms with Crippen LogP contribution in [0.25, 0.3) is 0 Å². The van der Waals surface area contributed by atoms with E-state index in [0.717, 1.165) is 11.4 Å². The Morgan fingerprint density at radius 2 is 2.00 bits per heavy atom. The fourth-order valence-electron chi connectivity index (χ4n) is 2.02. The Kier molecular flexibility index (Phi) is 2.79. The van der Waals surface area contributed by atoms with Gasteiger partial charge in [-0.25, -0.2) is 5.01 Å². The number of nitrogen functional groups attached to an aromatic ring is 1. The number of hydrogen-bond donors (Lipinski definition) is 1. The number of allylic oxidation sites excluding steroid dienone is 2. The van der Waals surface area contributed by atoms with E-state index in [-0.39, 0.29) is 5.91 Å². The number of carbonyl (C=O) groups is 1. The van der Waals surface area contributed by atoms with Gasteiger partial charge in [0, 0.05) is 11.9 Å². The molecule has 2 aliphatic rings. The summed E-state index contributed by atoms with van der Waals surface area (Å²) >= 11 is 0. The number of nitrogens with zero attached hydrogens (tertiary/aromatic N) is 3. The molecule has 2 N–H and O–H groups in total. The highest BCUT2D eigenvalue weighted by Gasteiger charge is 2.24. The molecule has 5 heteroatoms. The average Bonchev–Trinajstić information content (AvgIpc) is 2.42. The Balaban J connectivity index is 1.81. The van der Waals surface area contributed by atoms with E-state index in [1.165, 1.54) is 5.01 Å². The van der Waals surface area contributed by atoms with Crippen LogP contribution in [0.15, 0.2) is 53.8 Å². The quantitative estimate of drug-likeness (QED) is 0.809. The monoisotopic (exact) mass is 254 g/mol. The third-order valence-electron chi connectivity index (χ3n) is 3.05. The van der Waals surface area contributed by atoms with E-state index in [0.29, 0.717) is 18.8 Å². The maximum atomic E-state index is 12.0. The van der Waals surface area contributed by atoms with Crippen LogP contribution in [-0.4, -0.2) is 28.2 Å². The second-order valence-electron chi connectivity index (χ2n) is 4.48. The minimum Gasteiger partial charge on any atom is -0.399 e. The van der Waals surface area contributed by atoms with E-state index >= 15 is 0 Å². The average molecular weight is 254 g/mol. The summed E-state index contributed by atoms with van der Waals surface area (Å²) in [5, 5.41) is 5.86. The van der Waals surface area contributed by atoms with Gasteiger partial charge in [0.15, 0.2) is 5.84 Å². The highest BCUT2D eigenvalue weighted by Crippen LogP contribution is 2.15. The van der Waals surface area contributed by atoms with E-state index in [9.17, 15) is 4.79 Å². The standard InChI is InChI=1S/C14H14N4O/c15-12-6-4-11(5-7-12)9-18-14(19)10-17-8-2-1-3-13(17)16-18/h1-8H,9-10,15H2. The maximum Gasteiger partial charge on any atom is 0.263 e. The minimum atomic E-state index is -0.0134. The number of fused-ring (bicyclic) bond motifs is 1. The van der Waals surface area contributed by atoms with Gasteiger partial charge in [-0.05, 0) is 29.8 Å². The summed E-state index contributed by atoms with van der Waals surface area (Å²) < 4.78 is 0. The lowest BCUT2D eigenvalue weighted by Crippen LogP contribution is -2.44. The Morgan fingerprint density at radius 1 is 1.21 bits per heavy atom. The number of benzene rings is 1. The topological polar surface area (TPSA) is 61.9 Å². The molecule has 1 aromatic carbocycles. The van der Waals surface area contributed by atoms with Crippen LogP contribution in [0, 0.1) is 0 Å². The number of rotatable bonds is 2. The van der Waals surface area contributed by atoms with Gasteiger partial charge in [-0.1, -0.05) is 18.2 Å². The summed E-state index contributed by atoms with van der Waals surface area (Å²) in [6.07, 6.45) is 7.55. The van der Waals surface area contributed by atoms with Gasteiger partial charge in [-0.3, -0.25) is 4.79 Å². The van der Waals surface area contributed by atoms with E-state index in [2.05, 4.69) is 5.10 Å². The maximum absolute atomic E-state index is 12.0. The van der Waals surface area contributed by atoms with Gasteiger partial charge in [-0.2, -0.15) is 5.10 Å². The third kappa shape index (κ3) is 2.35. The molecule has 0 atom stereocenters. The zero-order valence-electron chi connectivity index (χ0n) is 10.4. The zero-order chi connectivity index (χ0) is 13.2. The lowest BCUT2D eigenvalue weighted by Gasteiger charge is -2.31. The predicted octanol–water partition coefficient (Wildman–Crippen LogP) is 1.31. The first-order chi connectivity index (χ1) is 9.22. The van der Waals surface area contributed by atoms with Crippen LogP contribution < -0.4 is 5.73 Å². The van der Waals surface area contributed by atoms with Crippen LogP contribution in [0.4, 0.5) is 5.69 Å². The number of carbonyl (C=O) groups excluding carboxylic acids is 1. The Labute approximate surface area is 111 Å². The molecule has 1 aromatic rings. The largest absolute Gasteiger partial charge is 0.399 e. The lowest BCUT2D eigenvalue weighted by atomic mass is 10.2. The predicted molar refractivity (Wildman–Crippen MR) is 73.8 cm³/mol. The second-order valence-corrected chi connectivity index (χ2v) is 4.48. The van der Waals surface area contributed by atoms with E-state index in [1.807, 2.05) is 53.6 Å². The summed E-state index contributed by atoms with van der Waals surface area (Å²) in [6, 6.07) is 7.47. The molecule has 2 heterocycles. The van der Waals surface area contributed by atoms with Crippen molar-refractivity contribution >= 4 is 17.4 Å². The number of amidine groups is 1. The van der Waals surface area contributed by atoms with Crippen LogP contribution in [0.2, 0.25) is 0 Å². The van der Waals surface area contributed by atoms with Crippen LogP contribution in [0.3, 0.4) is 0 Å². The van der Waals surface area contributed by atoms with Gasteiger partial charge in [0.1, 0.15) is 6.54 Å². The number of amides is 1. The van der Waals surface area contributed by atoms with Gasteiger partial charge < -0.3 is 10.6 Å². The molecule has 0 saturated heterocycles. The van der Waals surface area contributed by atoms with Crippen molar-refractivity contribution in [2.45, 2.75) is 6.54 Å².